The molecule has 0 saturated heterocycles. The van der Waals surface area contributed by atoms with Crippen molar-refractivity contribution in [3.63, 3.8) is 0 Å². The topological polar surface area (TPSA) is 29.5 Å². The summed E-state index contributed by atoms with van der Waals surface area (Å²) in [6.07, 6.45) is 30.8. The lowest BCUT2D eigenvalue weighted by atomic mass is 9.70. The van der Waals surface area contributed by atoms with Crippen molar-refractivity contribution in [3.05, 3.63) is 375 Å². The molecule has 0 unspecified atom stereocenters. The number of furan rings is 2. The van der Waals surface area contributed by atoms with E-state index in [0.29, 0.717) is 0 Å². The van der Waals surface area contributed by atoms with Gasteiger partial charge in [0.25, 0.3) is 0 Å². The molecule has 0 aliphatic heterocycles. The number of unbranched alkanes of at least 4 members (excludes halogenated alkanes) is 16. The molecule has 3 heteroatoms. The number of fused-ring (bicyclic) bond motifs is 29. The number of anilines is 3. The van der Waals surface area contributed by atoms with Crippen molar-refractivity contribution < 1.29 is 8.83 Å². The van der Waals surface area contributed by atoms with Crippen molar-refractivity contribution >= 4 is 60.9 Å². The van der Waals surface area contributed by atoms with E-state index in [-0.39, 0.29) is 37.9 Å². The van der Waals surface area contributed by atoms with E-state index in [9.17, 15) is 0 Å². The Labute approximate surface area is 880 Å². The maximum absolute atomic E-state index is 7.38. The summed E-state index contributed by atoms with van der Waals surface area (Å²) >= 11 is 0. The largest absolute Gasteiger partial charge is 0.455 e. The standard InChI is InChI=1S/C145H147NO2/c1-18-22-26-30-42-74-144(75-43-31-27-23-19-2)116-50-38-34-46-100(116)106-68-56-92(80-126(106)144)90-54-66-102-104-70-58-94(82-120(104)139(8,9)118(102)78-90)112-86-129-134(137-132(112)110-48-36-40-52-130(110)148-137)109-73-65-99(85-123(109)142(129,14)15)146(97-62-60-96(61-63-97)138(5,6)7)98-64-72-108-114-88-125-115(89-124(114)141(12,13)122(108)84-98)133-128(143(125,16)17)87-113(136-135(133)111-49-37-41-53-131(111)147-136)95-59-71-105-103-67-55-91(79-119(103)140(10,11)121(105)83-95)93-57-69-107-101-47-35-39-51-117(101)145(127(107)81-93,76-44-32-28-24-20-3)77-45-33-29-25-21-4/h34-41,46-73,78-89H,18-33,42-45,74-77H2,1-17H3. The highest BCUT2D eigenvalue weighted by molar-refractivity contribution is 6.21. The van der Waals surface area contributed by atoms with Crippen LogP contribution < -0.4 is 4.90 Å². The van der Waals surface area contributed by atoms with Crippen LogP contribution in [0.4, 0.5) is 17.1 Å². The van der Waals surface area contributed by atoms with Crippen molar-refractivity contribution in [2.24, 2.45) is 0 Å². The van der Waals surface area contributed by atoms with Gasteiger partial charge in [-0.3, -0.25) is 0 Å². The number of hydrogen-bond acceptors (Lipinski definition) is 3. The molecule has 0 fully saturated rings. The van der Waals surface area contributed by atoms with Crippen LogP contribution in [0.3, 0.4) is 0 Å². The number of hydrogen-bond donors (Lipinski definition) is 0. The first kappa shape index (κ1) is 95.8. The molecule has 16 aromatic carbocycles. The third-order valence-electron chi connectivity index (χ3n) is 37.8. The summed E-state index contributed by atoms with van der Waals surface area (Å²) in [5, 5.41) is 4.68. The van der Waals surface area contributed by atoms with Gasteiger partial charge in [-0.1, -0.05) is 428 Å². The zero-order valence-corrected chi connectivity index (χ0v) is 90.9. The highest BCUT2D eigenvalue weighted by atomic mass is 16.3. The number of benzene rings is 16. The fourth-order valence-corrected chi connectivity index (χ4v) is 29.5. The second kappa shape index (κ2) is 36.1. The molecule has 7 aliphatic rings. The Morgan fingerprint density at radius 1 is 0.216 bits per heavy atom. The lowest BCUT2D eigenvalue weighted by Gasteiger charge is -2.33. The Hall–Kier alpha value is -13.1. The minimum absolute atomic E-state index is 0.0197. The molecule has 3 nitrogen and oxygen atoms in total. The minimum Gasteiger partial charge on any atom is -0.455 e. The summed E-state index contributed by atoms with van der Waals surface area (Å²) in [6.45, 7) is 41.1. The molecular weight excluding hydrogens is 1790 g/mol. The first-order valence-electron chi connectivity index (χ1n) is 57.1. The Kier molecular flexibility index (Phi) is 23.4. The molecule has 7 aliphatic carbocycles. The number of rotatable bonds is 31. The zero-order chi connectivity index (χ0) is 102. The van der Waals surface area contributed by atoms with Crippen molar-refractivity contribution in [1.82, 2.24) is 0 Å². The minimum atomic E-state index is -0.424. The first-order chi connectivity index (χ1) is 71.6. The van der Waals surface area contributed by atoms with E-state index in [1.54, 1.807) is 22.3 Å². The van der Waals surface area contributed by atoms with E-state index >= 15 is 0 Å². The van der Waals surface area contributed by atoms with Crippen LogP contribution in [-0.2, 0) is 43.3 Å². The van der Waals surface area contributed by atoms with Gasteiger partial charge in [-0.25, -0.2) is 0 Å². The molecule has 18 aromatic rings. The number of nitrogens with zero attached hydrogens (tertiary/aromatic N) is 1. The van der Waals surface area contributed by atoms with E-state index in [2.05, 4.69) is 414 Å². The molecule has 148 heavy (non-hydrogen) atoms. The van der Waals surface area contributed by atoms with E-state index in [1.807, 2.05) is 0 Å². The second-order valence-corrected chi connectivity index (χ2v) is 49.4. The third kappa shape index (κ3) is 14.8. The molecule has 2 aromatic heterocycles. The van der Waals surface area contributed by atoms with Crippen LogP contribution in [0.15, 0.2) is 300 Å². The maximum Gasteiger partial charge on any atom is 0.144 e. The predicted molar refractivity (Wildman–Crippen MR) is 630 cm³/mol. The van der Waals surface area contributed by atoms with Crippen molar-refractivity contribution in [3.8, 4) is 122 Å². The molecular formula is C145H147NO2. The van der Waals surface area contributed by atoms with E-state index in [4.69, 9.17) is 8.83 Å². The molecule has 744 valence electrons. The van der Waals surface area contributed by atoms with Crippen LogP contribution in [0, 0.1) is 0 Å². The van der Waals surface area contributed by atoms with Gasteiger partial charge in [0.15, 0.2) is 0 Å². The average Bonchev–Trinajstić information content (AvgIpc) is 1.57. The van der Waals surface area contributed by atoms with Gasteiger partial charge in [0, 0.05) is 87.6 Å². The highest BCUT2D eigenvalue weighted by Crippen LogP contribution is 2.66. The summed E-state index contributed by atoms with van der Waals surface area (Å²) in [5.74, 6) is 0. The first-order valence-corrected chi connectivity index (χ1v) is 57.1. The van der Waals surface area contributed by atoms with E-state index in [0.717, 1.165) is 55.7 Å². The maximum atomic E-state index is 7.38. The van der Waals surface area contributed by atoms with Gasteiger partial charge in [0.2, 0.25) is 0 Å². The normalized spacial score (nSPS) is 15.8. The molecule has 0 spiro atoms. The zero-order valence-electron chi connectivity index (χ0n) is 90.9. The summed E-state index contributed by atoms with van der Waals surface area (Å²) in [6, 6.07) is 116. The summed E-state index contributed by atoms with van der Waals surface area (Å²) in [5.41, 5.74) is 55.3. The molecule has 0 radical (unpaired) electrons. The lowest BCUT2D eigenvalue weighted by Crippen LogP contribution is -2.25. The van der Waals surface area contributed by atoms with Crippen LogP contribution in [0.25, 0.3) is 166 Å². The Morgan fingerprint density at radius 3 is 0.980 bits per heavy atom. The van der Waals surface area contributed by atoms with Crippen LogP contribution >= 0.6 is 0 Å². The summed E-state index contributed by atoms with van der Waals surface area (Å²) < 4.78 is 14.8. The van der Waals surface area contributed by atoms with E-state index in [1.165, 1.54) is 343 Å². The monoisotopic (exact) mass is 1930 g/mol. The predicted octanol–water partition coefficient (Wildman–Crippen LogP) is 42.4. The molecule has 0 bridgehead atoms. The summed E-state index contributed by atoms with van der Waals surface area (Å²) in [4.78, 5) is 2.54. The highest BCUT2D eigenvalue weighted by Gasteiger charge is 2.50. The van der Waals surface area contributed by atoms with Gasteiger partial charge in [0.1, 0.15) is 22.3 Å². The molecule has 0 atom stereocenters. The van der Waals surface area contributed by atoms with Gasteiger partial charge >= 0.3 is 0 Å². The fraction of sp³-hybridized carbons (Fsp3) is 0.338. The molecule has 0 amide bonds. The Bertz CT molecular complexity index is 8380. The quantitative estimate of drug-likeness (QED) is 0.0406. The molecule has 25 rings (SSSR count). The van der Waals surface area contributed by atoms with Crippen LogP contribution in [0.2, 0.25) is 0 Å². The SMILES string of the molecule is CCCCCCCC1(CCCCCCC)c2ccccc2-c2ccc(-c3ccc4c(c3)C(C)(C)c3cc(-c5cc6c(c7c5oc5ccccc57)-c5cc7c(cc5C6(C)C)-c5ccc(N(c6ccc(C(C)(C)C)cc6)c6ccc8c(c6)C(C)(C)c6cc(-c9ccc%10c(c9)C(C)(C)c9cc(-c%11ccc%12c(c%11)C(CCCCCCC)(CCCCCCC)c%11ccccc%11-%12)ccc9-%10)c9c(oc%10ccccc%109)c6-8)cc5C7(C)C)ccc3-4)cc21. The average molecular weight is 1940 g/mol. The van der Waals surface area contributed by atoms with Crippen LogP contribution in [0.1, 0.15) is 355 Å². The van der Waals surface area contributed by atoms with Crippen molar-refractivity contribution in [1.29, 1.82) is 0 Å². The van der Waals surface area contributed by atoms with Gasteiger partial charge in [-0.05, 0) is 335 Å². The molecule has 2 heterocycles. The van der Waals surface area contributed by atoms with Crippen molar-refractivity contribution in [2.45, 2.75) is 315 Å². The lowest BCUT2D eigenvalue weighted by molar-refractivity contribution is 0.399. The van der Waals surface area contributed by atoms with Gasteiger partial charge < -0.3 is 13.7 Å². The smallest absolute Gasteiger partial charge is 0.144 e. The van der Waals surface area contributed by atoms with Gasteiger partial charge in [-0.15, -0.1) is 0 Å². The summed E-state index contributed by atoms with van der Waals surface area (Å²) in [7, 11) is 0. The van der Waals surface area contributed by atoms with Gasteiger partial charge in [-0.2, -0.15) is 0 Å². The Morgan fingerprint density at radius 2 is 0.520 bits per heavy atom. The van der Waals surface area contributed by atoms with E-state index < -0.39 is 5.41 Å². The second-order valence-electron chi connectivity index (χ2n) is 49.4. The van der Waals surface area contributed by atoms with Crippen molar-refractivity contribution in [2.75, 3.05) is 4.90 Å². The van der Waals surface area contributed by atoms with Gasteiger partial charge in [0.05, 0.1) is 0 Å². The van der Waals surface area contributed by atoms with Crippen LogP contribution in [0.5, 0.6) is 0 Å². The molecule has 0 N–H and O–H groups in total. The Balaban J connectivity index is 0.538. The molecule has 0 saturated carbocycles. The third-order valence-corrected chi connectivity index (χ3v) is 37.8. The van der Waals surface area contributed by atoms with Crippen LogP contribution in [-0.4, -0.2) is 0 Å². The number of para-hydroxylation sites is 2. The fourth-order valence-electron chi connectivity index (χ4n) is 29.5.